The van der Waals surface area contributed by atoms with Crippen LogP contribution >= 0.6 is 22.9 Å². The van der Waals surface area contributed by atoms with Crippen molar-refractivity contribution < 1.29 is 14.1 Å². The zero-order valence-electron chi connectivity index (χ0n) is 17.8. The number of likely N-dealkylation sites (tertiary alicyclic amines) is 1. The van der Waals surface area contributed by atoms with Gasteiger partial charge in [0.2, 0.25) is 0 Å². The number of carbonyl (C=O) groups is 1. The molecule has 1 atom stereocenters. The number of aliphatic hydroxyl groups is 1. The lowest BCUT2D eigenvalue weighted by Crippen LogP contribution is -2.45. The molecule has 1 fully saturated rings. The number of rotatable bonds is 5. The number of thiazole rings is 1. The summed E-state index contributed by atoms with van der Waals surface area (Å²) in [7, 11) is -1.55. The van der Waals surface area contributed by atoms with E-state index in [1.807, 2.05) is 6.07 Å². The average molecular weight is 514 g/mol. The van der Waals surface area contributed by atoms with E-state index in [1.54, 1.807) is 53.7 Å². The second-order valence-corrected chi connectivity index (χ2v) is 10.8. The van der Waals surface area contributed by atoms with Crippen LogP contribution in [0.2, 0.25) is 4.34 Å². The number of fused-ring (bicyclic) bond motifs is 1. The molecule has 2 N–H and O–H groups in total. The van der Waals surface area contributed by atoms with Crippen molar-refractivity contribution in [3.63, 3.8) is 0 Å². The molecule has 0 radical (unpaired) electrons. The summed E-state index contributed by atoms with van der Waals surface area (Å²) in [6.45, 7) is 0.831. The fraction of sp³-hybridized carbons (Fsp3) is 0.217. The molecule has 2 aromatic carbocycles. The predicted molar refractivity (Wildman–Crippen MR) is 132 cm³/mol. The molecule has 5 rings (SSSR count). The number of anilines is 1. The molecule has 1 aliphatic heterocycles. The highest BCUT2D eigenvalue weighted by Crippen LogP contribution is 2.36. The summed E-state index contributed by atoms with van der Waals surface area (Å²) in [5.74, 6) is -0.115. The van der Waals surface area contributed by atoms with E-state index in [0.29, 0.717) is 62.5 Å². The summed E-state index contributed by atoms with van der Waals surface area (Å²) in [6, 6.07) is 12.2. The number of nitrogens with zero attached hydrogens (tertiary/aromatic N) is 4. The van der Waals surface area contributed by atoms with Crippen molar-refractivity contribution in [2.24, 2.45) is 0 Å². The van der Waals surface area contributed by atoms with E-state index in [-0.39, 0.29) is 5.91 Å². The number of aromatic nitrogens is 3. The zero-order chi connectivity index (χ0) is 23.7. The Labute approximate surface area is 207 Å². The molecule has 1 saturated heterocycles. The van der Waals surface area contributed by atoms with Gasteiger partial charge in [-0.25, -0.2) is 9.19 Å². The highest BCUT2D eigenvalue weighted by atomic mass is 35.5. The normalized spacial score (nSPS) is 16.4. The second-order valence-electron chi connectivity index (χ2n) is 7.92. The molecular formula is C23H20ClN5O3S2. The van der Waals surface area contributed by atoms with E-state index in [9.17, 15) is 14.1 Å². The maximum atomic E-state index is 13.0. The third kappa shape index (κ3) is 4.54. The van der Waals surface area contributed by atoms with Gasteiger partial charge in [0, 0.05) is 49.6 Å². The van der Waals surface area contributed by atoms with Crippen molar-refractivity contribution in [3.8, 4) is 0 Å². The molecule has 174 valence electrons. The molecular weight excluding hydrogens is 494 g/mol. The minimum Gasteiger partial charge on any atom is -0.383 e. The molecule has 2 aromatic heterocycles. The topological polar surface area (TPSA) is 108 Å². The Hall–Kier alpha value is -2.92. The van der Waals surface area contributed by atoms with Crippen molar-refractivity contribution in [1.29, 1.82) is 0 Å². The van der Waals surface area contributed by atoms with E-state index in [1.165, 1.54) is 17.5 Å². The summed E-state index contributed by atoms with van der Waals surface area (Å²) in [5.41, 5.74) is 1.33. The van der Waals surface area contributed by atoms with Crippen molar-refractivity contribution >= 4 is 56.6 Å². The van der Waals surface area contributed by atoms with Gasteiger partial charge in [-0.2, -0.15) is 0 Å². The van der Waals surface area contributed by atoms with Gasteiger partial charge in [0.05, 0.1) is 16.6 Å². The first-order valence-corrected chi connectivity index (χ1v) is 12.9. The van der Waals surface area contributed by atoms with Crippen LogP contribution in [-0.4, -0.2) is 48.2 Å². The van der Waals surface area contributed by atoms with Gasteiger partial charge < -0.3 is 14.7 Å². The number of para-hydroxylation sites is 1. The molecule has 1 unspecified atom stereocenters. The van der Waals surface area contributed by atoms with Gasteiger partial charge in [0.25, 0.3) is 5.91 Å². The second kappa shape index (κ2) is 9.38. The number of piperidine rings is 1. The molecule has 8 nitrogen and oxygen atoms in total. The van der Waals surface area contributed by atoms with E-state index >= 15 is 0 Å². The number of nitrogens with one attached hydrogen (secondary N) is 1. The van der Waals surface area contributed by atoms with Gasteiger partial charge in [-0.05, 0) is 36.4 Å². The summed E-state index contributed by atoms with van der Waals surface area (Å²) < 4.78 is 16.4. The Bertz CT molecular complexity index is 1370. The highest BCUT2D eigenvalue weighted by molar-refractivity contribution is 7.86. The van der Waals surface area contributed by atoms with E-state index in [0.717, 1.165) is 0 Å². The molecule has 4 aromatic rings. The van der Waals surface area contributed by atoms with Gasteiger partial charge in [-0.3, -0.25) is 14.8 Å². The minimum atomic E-state index is -1.55. The lowest BCUT2D eigenvalue weighted by Gasteiger charge is -2.37. The van der Waals surface area contributed by atoms with Crippen LogP contribution in [0, 0.1) is 0 Å². The zero-order valence-corrected chi connectivity index (χ0v) is 20.2. The van der Waals surface area contributed by atoms with Gasteiger partial charge in [-0.1, -0.05) is 17.7 Å². The smallest absolute Gasteiger partial charge is 0.253 e. The van der Waals surface area contributed by atoms with Crippen LogP contribution in [0.25, 0.3) is 11.0 Å². The SMILES string of the molecule is O=C(c1ccc(NS(=O)c2cccc3nccnc23)cc1)N1CCC(O)(c2ncc(Cl)s2)CC1. The first-order valence-electron chi connectivity index (χ1n) is 10.5. The summed E-state index contributed by atoms with van der Waals surface area (Å²) in [4.78, 5) is 28.0. The predicted octanol–water partition coefficient (Wildman–Crippen LogP) is 4.00. The number of hydrogen-bond acceptors (Lipinski definition) is 7. The molecule has 1 amide bonds. The summed E-state index contributed by atoms with van der Waals surface area (Å²) >= 11 is 7.22. The van der Waals surface area contributed by atoms with Crippen molar-refractivity contribution in [2.45, 2.75) is 23.3 Å². The van der Waals surface area contributed by atoms with Crippen LogP contribution < -0.4 is 4.72 Å². The van der Waals surface area contributed by atoms with Gasteiger partial charge in [-0.15, -0.1) is 11.3 Å². The maximum absolute atomic E-state index is 13.0. The van der Waals surface area contributed by atoms with E-state index in [4.69, 9.17) is 11.6 Å². The van der Waals surface area contributed by atoms with Crippen molar-refractivity contribution in [2.75, 3.05) is 17.8 Å². The minimum absolute atomic E-state index is 0.115. The molecule has 34 heavy (non-hydrogen) atoms. The van der Waals surface area contributed by atoms with Crippen LogP contribution in [0.5, 0.6) is 0 Å². The Morgan fingerprint density at radius 2 is 1.82 bits per heavy atom. The van der Waals surface area contributed by atoms with Crippen molar-refractivity contribution in [1.82, 2.24) is 19.9 Å². The van der Waals surface area contributed by atoms with Crippen LogP contribution in [0.15, 0.2) is 66.0 Å². The fourth-order valence-corrected chi connectivity index (χ4v) is 5.96. The largest absolute Gasteiger partial charge is 0.383 e. The number of hydrogen-bond donors (Lipinski definition) is 2. The molecule has 0 saturated carbocycles. The quantitative estimate of drug-likeness (QED) is 0.417. The molecule has 0 aliphatic carbocycles. The summed E-state index contributed by atoms with van der Waals surface area (Å²) in [6.07, 6.45) is 5.49. The first kappa shape index (κ1) is 22.9. The molecule has 0 spiro atoms. The molecule has 3 heterocycles. The highest BCUT2D eigenvalue weighted by Gasteiger charge is 2.38. The van der Waals surface area contributed by atoms with Crippen LogP contribution in [0.3, 0.4) is 0 Å². The standard InChI is InChI=1S/C23H20ClN5O3S2/c24-19-14-27-22(33-19)23(31)8-12-29(13-9-23)21(30)15-4-6-16(7-5-15)28-34(32)18-3-1-2-17-20(18)26-11-10-25-17/h1-7,10-11,14,28,31H,8-9,12-13H2. The van der Waals surface area contributed by atoms with E-state index in [2.05, 4.69) is 19.7 Å². The van der Waals surface area contributed by atoms with Gasteiger partial charge in [0.1, 0.15) is 20.5 Å². The molecule has 0 bridgehead atoms. The van der Waals surface area contributed by atoms with Gasteiger partial charge in [0.15, 0.2) is 11.0 Å². The van der Waals surface area contributed by atoms with Crippen LogP contribution in [0.4, 0.5) is 5.69 Å². The number of halogens is 1. The van der Waals surface area contributed by atoms with Crippen molar-refractivity contribution in [3.05, 3.63) is 76.0 Å². The molecule has 11 heteroatoms. The van der Waals surface area contributed by atoms with E-state index < -0.39 is 16.6 Å². The average Bonchev–Trinajstić information content (AvgIpc) is 3.31. The third-order valence-corrected chi connectivity index (χ3v) is 8.22. The third-order valence-electron chi connectivity index (χ3n) is 5.76. The Morgan fingerprint density at radius 3 is 2.53 bits per heavy atom. The monoisotopic (exact) mass is 513 g/mol. The summed E-state index contributed by atoms with van der Waals surface area (Å²) in [5, 5.41) is 11.5. The lowest BCUT2D eigenvalue weighted by molar-refractivity contribution is -0.0212. The Morgan fingerprint density at radius 1 is 1.09 bits per heavy atom. The van der Waals surface area contributed by atoms with Gasteiger partial charge >= 0.3 is 0 Å². The Kier molecular flexibility index (Phi) is 6.30. The lowest BCUT2D eigenvalue weighted by atomic mass is 9.92. The Balaban J connectivity index is 1.24. The maximum Gasteiger partial charge on any atom is 0.253 e. The number of benzene rings is 2. The van der Waals surface area contributed by atoms with Crippen LogP contribution in [0.1, 0.15) is 28.2 Å². The number of amides is 1. The first-order chi connectivity index (χ1) is 16.4. The van der Waals surface area contributed by atoms with Crippen LogP contribution in [-0.2, 0) is 16.6 Å². The number of carbonyl (C=O) groups excluding carboxylic acids is 1. The molecule has 1 aliphatic rings. The fourth-order valence-electron chi connectivity index (χ4n) is 3.90.